The molecule has 1 amide bonds. The van der Waals surface area contributed by atoms with Gasteiger partial charge in [-0.05, 0) is 79.6 Å². The van der Waals surface area contributed by atoms with E-state index in [0.29, 0.717) is 6.42 Å². The van der Waals surface area contributed by atoms with Crippen LogP contribution >= 0.6 is 22.6 Å². The first-order valence-corrected chi connectivity index (χ1v) is 8.46. The Morgan fingerprint density at radius 2 is 1.80 bits per heavy atom. The number of nitrogens with one attached hydrogen (secondary N) is 2. The van der Waals surface area contributed by atoms with E-state index in [0.717, 1.165) is 45.2 Å². The van der Waals surface area contributed by atoms with Gasteiger partial charge in [-0.15, -0.1) is 0 Å². The zero-order valence-corrected chi connectivity index (χ0v) is 14.4. The normalized spacial score (nSPS) is 10.5. The number of unbranched alkanes of at least 4 members (excludes halogenated alkanes) is 2. The van der Waals surface area contributed by atoms with E-state index in [4.69, 9.17) is 0 Å². The molecule has 2 N–H and O–H groups in total. The maximum Gasteiger partial charge on any atom is 0.219 e. The quantitative estimate of drug-likeness (QED) is 0.478. The number of hydrogen-bond acceptors (Lipinski definition) is 2. The highest BCUT2D eigenvalue weighted by Gasteiger charge is 2.00. The third-order valence-corrected chi connectivity index (χ3v) is 3.93. The first-order valence-electron chi connectivity index (χ1n) is 7.38. The molecule has 1 aromatic rings. The fraction of sp³-hybridized carbons (Fsp3) is 0.562. The van der Waals surface area contributed by atoms with Gasteiger partial charge in [0.05, 0.1) is 0 Å². The Kier molecular flexibility index (Phi) is 9.66. The highest BCUT2D eigenvalue weighted by atomic mass is 127. The van der Waals surface area contributed by atoms with Crippen molar-refractivity contribution in [3.05, 3.63) is 33.4 Å². The van der Waals surface area contributed by atoms with E-state index in [1.54, 1.807) is 0 Å². The second-order valence-corrected chi connectivity index (χ2v) is 6.24. The number of rotatable bonds is 10. The topological polar surface area (TPSA) is 41.1 Å². The molecule has 0 spiro atoms. The Morgan fingerprint density at radius 1 is 1.05 bits per heavy atom. The SMILES string of the molecule is CNCCCNC(=O)CCCCCc1ccc(I)cc1. The second-order valence-electron chi connectivity index (χ2n) is 4.99. The van der Waals surface area contributed by atoms with Gasteiger partial charge in [0.15, 0.2) is 0 Å². The van der Waals surface area contributed by atoms with Gasteiger partial charge < -0.3 is 10.6 Å². The predicted molar refractivity (Wildman–Crippen MR) is 92.9 cm³/mol. The van der Waals surface area contributed by atoms with Crippen molar-refractivity contribution in [2.75, 3.05) is 20.1 Å². The smallest absolute Gasteiger partial charge is 0.219 e. The van der Waals surface area contributed by atoms with Gasteiger partial charge >= 0.3 is 0 Å². The zero-order valence-electron chi connectivity index (χ0n) is 12.3. The number of carbonyl (C=O) groups is 1. The van der Waals surface area contributed by atoms with Crippen LogP contribution in [0.1, 0.15) is 37.7 Å². The molecule has 0 heterocycles. The van der Waals surface area contributed by atoms with Crippen LogP contribution in [0.25, 0.3) is 0 Å². The lowest BCUT2D eigenvalue weighted by molar-refractivity contribution is -0.121. The first kappa shape index (κ1) is 17.4. The molecular formula is C16H25IN2O. The van der Waals surface area contributed by atoms with Gasteiger partial charge in [-0.2, -0.15) is 0 Å². The lowest BCUT2D eigenvalue weighted by atomic mass is 10.1. The van der Waals surface area contributed by atoms with Gasteiger partial charge in [0.25, 0.3) is 0 Å². The molecule has 0 bridgehead atoms. The van der Waals surface area contributed by atoms with E-state index in [1.165, 1.54) is 9.13 Å². The minimum Gasteiger partial charge on any atom is -0.356 e. The van der Waals surface area contributed by atoms with Gasteiger partial charge in [0.1, 0.15) is 0 Å². The van der Waals surface area contributed by atoms with Crippen molar-refractivity contribution in [3.63, 3.8) is 0 Å². The summed E-state index contributed by atoms with van der Waals surface area (Å²) in [6.45, 7) is 1.73. The molecule has 0 aliphatic carbocycles. The van der Waals surface area contributed by atoms with Crippen molar-refractivity contribution in [3.8, 4) is 0 Å². The molecule has 1 rings (SSSR count). The lowest BCUT2D eigenvalue weighted by Crippen LogP contribution is -2.26. The Bertz CT molecular complexity index is 379. The van der Waals surface area contributed by atoms with Crippen LogP contribution in [0.5, 0.6) is 0 Å². The van der Waals surface area contributed by atoms with Crippen molar-refractivity contribution < 1.29 is 4.79 Å². The largest absolute Gasteiger partial charge is 0.356 e. The van der Waals surface area contributed by atoms with Crippen molar-refractivity contribution in [1.82, 2.24) is 10.6 Å². The average molecular weight is 388 g/mol. The molecule has 112 valence electrons. The molecule has 0 saturated heterocycles. The fourth-order valence-electron chi connectivity index (χ4n) is 2.02. The standard InChI is InChI=1S/C16H25IN2O/c1-18-12-5-13-19-16(20)7-4-2-3-6-14-8-10-15(17)11-9-14/h8-11,18H,2-7,12-13H2,1H3,(H,19,20). The molecule has 3 nitrogen and oxygen atoms in total. The summed E-state index contributed by atoms with van der Waals surface area (Å²) in [5, 5.41) is 6.02. The predicted octanol–water partition coefficient (Wildman–Crippen LogP) is 3.12. The number of hydrogen-bond donors (Lipinski definition) is 2. The monoisotopic (exact) mass is 388 g/mol. The molecule has 20 heavy (non-hydrogen) atoms. The Labute approximate surface area is 136 Å². The van der Waals surface area contributed by atoms with Crippen LogP contribution in [0.2, 0.25) is 0 Å². The van der Waals surface area contributed by atoms with Gasteiger partial charge in [0, 0.05) is 16.5 Å². The highest BCUT2D eigenvalue weighted by Crippen LogP contribution is 2.10. The summed E-state index contributed by atoms with van der Waals surface area (Å²) in [4.78, 5) is 11.5. The fourth-order valence-corrected chi connectivity index (χ4v) is 2.38. The van der Waals surface area contributed by atoms with Crippen LogP contribution in [0, 0.1) is 3.57 Å². The summed E-state index contributed by atoms with van der Waals surface area (Å²) in [5.41, 5.74) is 1.39. The minimum absolute atomic E-state index is 0.190. The number of benzene rings is 1. The van der Waals surface area contributed by atoms with Crippen molar-refractivity contribution >= 4 is 28.5 Å². The molecule has 1 aromatic carbocycles. The molecule has 0 atom stereocenters. The number of aryl methyl sites for hydroxylation is 1. The molecule has 0 saturated carbocycles. The summed E-state index contributed by atoms with van der Waals surface area (Å²) >= 11 is 2.32. The van der Waals surface area contributed by atoms with Crippen LogP contribution in [0.4, 0.5) is 0 Å². The second kappa shape index (κ2) is 11.1. The molecule has 0 aliphatic heterocycles. The highest BCUT2D eigenvalue weighted by molar-refractivity contribution is 14.1. The molecule has 4 heteroatoms. The van der Waals surface area contributed by atoms with Crippen molar-refractivity contribution in [2.24, 2.45) is 0 Å². The number of carbonyl (C=O) groups excluding carboxylic acids is 1. The Morgan fingerprint density at radius 3 is 2.50 bits per heavy atom. The third kappa shape index (κ3) is 8.53. The minimum atomic E-state index is 0.190. The van der Waals surface area contributed by atoms with Gasteiger partial charge in [-0.1, -0.05) is 18.6 Å². The Balaban J connectivity index is 1.98. The first-order chi connectivity index (χ1) is 9.72. The molecule has 0 radical (unpaired) electrons. The molecule has 0 aromatic heterocycles. The van der Waals surface area contributed by atoms with E-state index in [1.807, 2.05) is 7.05 Å². The summed E-state index contributed by atoms with van der Waals surface area (Å²) < 4.78 is 1.28. The van der Waals surface area contributed by atoms with Gasteiger partial charge in [-0.3, -0.25) is 4.79 Å². The zero-order chi connectivity index (χ0) is 14.6. The van der Waals surface area contributed by atoms with E-state index < -0.39 is 0 Å². The number of amides is 1. The van der Waals surface area contributed by atoms with Gasteiger partial charge in [0.2, 0.25) is 5.91 Å². The van der Waals surface area contributed by atoms with Crippen LogP contribution < -0.4 is 10.6 Å². The van der Waals surface area contributed by atoms with E-state index >= 15 is 0 Å². The van der Waals surface area contributed by atoms with E-state index in [2.05, 4.69) is 57.5 Å². The molecule has 0 fully saturated rings. The lowest BCUT2D eigenvalue weighted by Gasteiger charge is -2.05. The summed E-state index contributed by atoms with van der Waals surface area (Å²) in [5.74, 6) is 0.190. The maximum absolute atomic E-state index is 11.5. The number of halogens is 1. The maximum atomic E-state index is 11.5. The summed E-state index contributed by atoms with van der Waals surface area (Å²) in [6.07, 6.45) is 6.04. The van der Waals surface area contributed by atoms with E-state index in [-0.39, 0.29) is 5.91 Å². The summed E-state index contributed by atoms with van der Waals surface area (Å²) in [7, 11) is 1.93. The van der Waals surface area contributed by atoms with Crippen LogP contribution in [-0.4, -0.2) is 26.0 Å². The van der Waals surface area contributed by atoms with Gasteiger partial charge in [-0.25, -0.2) is 0 Å². The van der Waals surface area contributed by atoms with Crippen LogP contribution in [0.3, 0.4) is 0 Å². The van der Waals surface area contributed by atoms with Crippen LogP contribution in [-0.2, 0) is 11.2 Å². The molecule has 0 unspecified atom stereocenters. The van der Waals surface area contributed by atoms with Crippen LogP contribution in [0.15, 0.2) is 24.3 Å². The Hall–Kier alpha value is -0.620. The van der Waals surface area contributed by atoms with Crippen molar-refractivity contribution in [1.29, 1.82) is 0 Å². The van der Waals surface area contributed by atoms with Crippen molar-refractivity contribution in [2.45, 2.75) is 38.5 Å². The third-order valence-electron chi connectivity index (χ3n) is 3.21. The summed E-state index contributed by atoms with van der Waals surface area (Å²) in [6, 6.07) is 8.68. The molecule has 0 aliphatic rings. The molecular weight excluding hydrogens is 363 g/mol. The average Bonchev–Trinajstić information content (AvgIpc) is 2.45. The van der Waals surface area contributed by atoms with E-state index in [9.17, 15) is 4.79 Å².